The number of benzene rings is 2. The van der Waals surface area contributed by atoms with E-state index in [1.54, 1.807) is 19.1 Å². The van der Waals surface area contributed by atoms with E-state index in [0.29, 0.717) is 5.56 Å². The summed E-state index contributed by atoms with van der Waals surface area (Å²) in [7, 11) is 0. The van der Waals surface area contributed by atoms with E-state index in [1.807, 2.05) is 13.0 Å². The van der Waals surface area contributed by atoms with Crippen LogP contribution < -0.4 is 5.32 Å². The van der Waals surface area contributed by atoms with E-state index >= 15 is 0 Å². The Morgan fingerprint density at radius 1 is 1.05 bits per heavy atom. The van der Waals surface area contributed by atoms with Gasteiger partial charge in [-0.05, 0) is 43.7 Å². The molecule has 0 aliphatic rings. The number of anilines is 1. The maximum absolute atomic E-state index is 12.6. The van der Waals surface area contributed by atoms with Crippen LogP contribution in [0.25, 0.3) is 0 Å². The van der Waals surface area contributed by atoms with E-state index in [1.165, 1.54) is 12.1 Å². The van der Waals surface area contributed by atoms with Crippen LogP contribution in [0.1, 0.15) is 27.0 Å². The number of alkyl halides is 3. The van der Waals surface area contributed by atoms with Gasteiger partial charge in [0, 0.05) is 11.3 Å². The Labute approximate surface area is 120 Å². The highest BCUT2D eigenvalue weighted by Crippen LogP contribution is 2.30. The van der Waals surface area contributed by atoms with Crippen LogP contribution in [-0.2, 0) is 6.18 Å². The average molecular weight is 293 g/mol. The van der Waals surface area contributed by atoms with Crippen molar-refractivity contribution in [2.45, 2.75) is 20.0 Å². The van der Waals surface area contributed by atoms with Crippen molar-refractivity contribution in [3.63, 3.8) is 0 Å². The van der Waals surface area contributed by atoms with Gasteiger partial charge in [-0.2, -0.15) is 13.2 Å². The summed E-state index contributed by atoms with van der Waals surface area (Å²) in [5.41, 5.74) is 1.46. The third-order valence-electron chi connectivity index (χ3n) is 3.09. The first kappa shape index (κ1) is 15.1. The standard InChI is InChI=1S/C16H14F3NO/c1-10-6-7-11(2)14(8-10)15(21)20-13-5-3-4-12(9-13)16(17,18)19/h3-9H,1-2H3,(H,20,21). The molecule has 1 amide bonds. The fourth-order valence-corrected chi connectivity index (χ4v) is 1.95. The second kappa shape index (κ2) is 5.60. The van der Waals surface area contributed by atoms with E-state index < -0.39 is 17.6 Å². The number of amides is 1. The minimum Gasteiger partial charge on any atom is -0.322 e. The van der Waals surface area contributed by atoms with Crippen molar-refractivity contribution >= 4 is 11.6 Å². The zero-order valence-corrected chi connectivity index (χ0v) is 11.6. The average Bonchev–Trinajstić information content (AvgIpc) is 2.41. The Balaban J connectivity index is 2.26. The van der Waals surface area contributed by atoms with Crippen LogP contribution in [0.3, 0.4) is 0 Å². The molecule has 2 rings (SSSR count). The summed E-state index contributed by atoms with van der Waals surface area (Å²) in [6.07, 6.45) is -4.43. The van der Waals surface area contributed by atoms with Crippen molar-refractivity contribution in [2.24, 2.45) is 0 Å². The highest BCUT2D eigenvalue weighted by atomic mass is 19.4. The molecule has 0 aliphatic carbocycles. The second-order valence-electron chi connectivity index (χ2n) is 4.85. The largest absolute Gasteiger partial charge is 0.416 e. The molecule has 0 atom stereocenters. The topological polar surface area (TPSA) is 29.1 Å². The van der Waals surface area contributed by atoms with Crippen molar-refractivity contribution in [3.8, 4) is 0 Å². The fourth-order valence-electron chi connectivity index (χ4n) is 1.95. The number of nitrogens with one attached hydrogen (secondary N) is 1. The molecule has 0 spiro atoms. The molecule has 0 bridgehead atoms. The van der Waals surface area contributed by atoms with Crippen molar-refractivity contribution < 1.29 is 18.0 Å². The van der Waals surface area contributed by atoms with Crippen LogP contribution in [0, 0.1) is 13.8 Å². The number of aryl methyl sites for hydroxylation is 2. The van der Waals surface area contributed by atoms with E-state index in [0.717, 1.165) is 23.3 Å². The molecule has 110 valence electrons. The summed E-state index contributed by atoms with van der Waals surface area (Å²) in [5.74, 6) is -0.421. The SMILES string of the molecule is Cc1ccc(C)c(C(=O)Nc2cccc(C(F)(F)F)c2)c1. The number of hydrogen-bond acceptors (Lipinski definition) is 1. The van der Waals surface area contributed by atoms with Gasteiger partial charge < -0.3 is 5.32 Å². The van der Waals surface area contributed by atoms with E-state index in [4.69, 9.17) is 0 Å². The molecule has 0 fully saturated rings. The highest BCUT2D eigenvalue weighted by molar-refractivity contribution is 6.05. The number of carbonyl (C=O) groups excluding carboxylic acids is 1. The molecule has 0 heterocycles. The van der Waals surface area contributed by atoms with E-state index in [2.05, 4.69) is 5.32 Å². The van der Waals surface area contributed by atoms with Crippen LogP contribution in [-0.4, -0.2) is 5.91 Å². The van der Waals surface area contributed by atoms with Crippen LogP contribution in [0.4, 0.5) is 18.9 Å². The lowest BCUT2D eigenvalue weighted by molar-refractivity contribution is -0.137. The van der Waals surface area contributed by atoms with Gasteiger partial charge in [-0.25, -0.2) is 0 Å². The molecule has 0 radical (unpaired) electrons. The molecule has 1 N–H and O–H groups in total. The van der Waals surface area contributed by atoms with Crippen LogP contribution in [0.15, 0.2) is 42.5 Å². The first-order valence-corrected chi connectivity index (χ1v) is 6.33. The van der Waals surface area contributed by atoms with Crippen LogP contribution in [0.5, 0.6) is 0 Å². The van der Waals surface area contributed by atoms with Gasteiger partial charge >= 0.3 is 6.18 Å². The monoisotopic (exact) mass is 293 g/mol. The summed E-state index contributed by atoms with van der Waals surface area (Å²) in [6.45, 7) is 3.63. The van der Waals surface area contributed by atoms with Gasteiger partial charge in [-0.15, -0.1) is 0 Å². The lowest BCUT2D eigenvalue weighted by Gasteiger charge is -2.11. The highest BCUT2D eigenvalue weighted by Gasteiger charge is 2.30. The molecule has 0 aromatic heterocycles. The van der Waals surface area contributed by atoms with Crippen LogP contribution >= 0.6 is 0 Å². The Kier molecular flexibility index (Phi) is 4.02. The molecule has 0 saturated carbocycles. The second-order valence-corrected chi connectivity index (χ2v) is 4.85. The van der Waals surface area contributed by atoms with Gasteiger partial charge in [0.25, 0.3) is 5.91 Å². The molecular formula is C16H14F3NO. The van der Waals surface area contributed by atoms with Gasteiger partial charge in [0.1, 0.15) is 0 Å². The first-order chi connectivity index (χ1) is 9.77. The zero-order valence-electron chi connectivity index (χ0n) is 11.6. The Bertz CT molecular complexity index is 677. The lowest BCUT2D eigenvalue weighted by Crippen LogP contribution is -2.14. The zero-order chi connectivity index (χ0) is 15.6. The maximum atomic E-state index is 12.6. The first-order valence-electron chi connectivity index (χ1n) is 6.33. The molecule has 2 nitrogen and oxygen atoms in total. The Hall–Kier alpha value is -2.30. The molecule has 2 aromatic rings. The number of carbonyl (C=O) groups is 1. The molecule has 0 unspecified atom stereocenters. The molecule has 5 heteroatoms. The normalized spacial score (nSPS) is 11.3. The molecule has 0 aliphatic heterocycles. The van der Waals surface area contributed by atoms with Gasteiger partial charge in [-0.3, -0.25) is 4.79 Å². The minimum absolute atomic E-state index is 0.121. The van der Waals surface area contributed by atoms with Crippen molar-refractivity contribution in [1.29, 1.82) is 0 Å². The third-order valence-corrected chi connectivity index (χ3v) is 3.09. The van der Waals surface area contributed by atoms with Gasteiger partial charge in [-0.1, -0.05) is 23.8 Å². The maximum Gasteiger partial charge on any atom is 0.416 e. The van der Waals surface area contributed by atoms with Gasteiger partial charge in [0.05, 0.1) is 5.56 Å². The molecule has 21 heavy (non-hydrogen) atoms. The van der Waals surface area contributed by atoms with Crippen molar-refractivity contribution in [2.75, 3.05) is 5.32 Å². The van der Waals surface area contributed by atoms with E-state index in [9.17, 15) is 18.0 Å². The fraction of sp³-hybridized carbons (Fsp3) is 0.188. The Morgan fingerprint density at radius 2 is 1.76 bits per heavy atom. The molecule has 0 saturated heterocycles. The van der Waals surface area contributed by atoms with Gasteiger partial charge in [0.15, 0.2) is 0 Å². The van der Waals surface area contributed by atoms with Crippen LogP contribution in [0.2, 0.25) is 0 Å². The summed E-state index contributed by atoms with van der Waals surface area (Å²) < 4.78 is 37.9. The lowest BCUT2D eigenvalue weighted by atomic mass is 10.0. The predicted molar refractivity (Wildman–Crippen MR) is 75.3 cm³/mol. The van der Waals surface area contributed by atoms with Gasteiger partial charge in [0.2, 0.25) is 0 Å². The minimum atomic E-state index is -4.43. The van der Waals surface area contributed by atoms with Crippen molar-refractivity contribution in [1.82, 2.24) is 0 Å². The summed E-state index contributed by atoms with van der Waals surface area (Å²) in [4.78, 5) is 12.2. The van der Waals surface area contributed by atoms with E-state index in [-0.39, 0.29) is 5.69 Å². The smallest absolute Gasteiger partial charge is 0.322 e. The molecule has 2 aromatic carbocycles. The summed E-state index contributed by atoms with van der Waals surface area (Å²) in [6, 6.07) is 9.96. The van der Waals surface area contributed by atoms with Crippen molar-refractivity contribution in [3.05, 3.63) is 64.7 Å². The summed E-state index contributed by atoms with van der Waals surface area (Å²) >= 11 is 0. The predicted octanol–water partition coefficient (Wildman–Crippen LogP) is 4.57. The third kappa shape index (κ3) is 3.62. The summed E-state index contributed by atoms with van der Waals surface area (Å²) in [5, 5.41) is 2.50. The Morgan fingerprint density at radius 3 is 2.43 bits per heavy atom. The number of hydrogen-bond donors (Lipinski definition) is 1. The molecular weight excluding hydrogens is 279 g/mol. The number of rotatable bonds is 2. The number of halogens is 3. The quantitative estimate of drug-likeness (QED) is 0.863.